The maximum absolute atomic E-state index is 13.6. The Morgan fingerprint density at radius 1 is 1.56 bits per heavy atom. The number of halogens is 2. The van der Waals surface area contributed by atoms with Gasteiger partial charge in [-0.3, -0.25) is 0 Å². The van der Waals surface area contributed by atoms with Crippen LogP contribution in [-0.4, -0.2) is 10.7 Å². The molecule has 1 aromatic rings. The molecule has 3 heteroatoms. The summed E-state index contributed by atoms with van der Waals surface area (Å²) in [6, 6.07) is 4.64. The summed E-state index contributed by atoms with van der Waals surface area (Å²) >= 11 is 5.69. The number of aliphatic hydroxyl groups is 1. The standard InChI is InChI=1S/C13H16ClFO/c1-9-3-2-6-13(9,16)8-10-4-5-11(14)7-12(10)15/h4-5,7,9,16H,2-3,6,8H2,1H3. The molecule has 0 saturated heterocycles. The molecule has 2 atom stereocenters. The van der Waals surface area contributed by atoms with Crippen LogP contribution >= 0.6 is 11.6 Å². The van der Waals surface area contributed by atoms with Gasteiger partial charge >= 0.3 is 0 Å². The van der Waals surface area contributed by atoms with E-state index in [0.717, 1.165) is 19.3 Å². The molecule has 1 aliphatic carbocycles. The third-order valence-electron chi connectivity index (χ3n) is 3.68. The molecule has 2 rings (SSSR count). The first-order chi connectivity index (χ1) is 7.51. The van der Waals surface area contributed by atoms with Crippen LogP contribution in [0.2, 0.25) is 5.02 Å². The second-order valence-corrected chi connectivity index (χ2v) is 5.25. The van der Waals surface area contributed by atoms with Crippen molar-refractivity contribution in [1.82, 2.24) is 0 Å². The zero-order valence-electron chi connectivity index (χ0n) is 9.34. The Bertz CT molecular complexity index is 394. The molecular weight excluding hydrogens is 227 g/mol. The van der Waals surface area contributed by atoms with Gasteiger partial charge in [0.2, 0.25) is 0 Å². The summed E-state index contributed by atoms with van der Waals surface area (Å²) in [5.74, 6) is -0.0809. The molecule has 1 aliphatic rings. The largest absolute Gasteiger partial charge is 0.389 e. The molecule has 2 unspecified atom stereocenters. The lowest BCUT2D eigenvalue weighted by molar-refractivity contribution is 0.00887. The summed E-state index contributed by atoms with van der Waals surface area (Å²) in [4.78, 5) is 0. The van der Waals surface area contributed by atoms with Crippen LogP contribution in [0.4, 0.5) is 4.39 Å². The van der Waals surface area contributed by atoms with E-state index >= 15 is 0 Å². The molecule has 1 aromatic carbocycles. The lowest BCUT2D eigenvalue weighted by Gasteiger charge is -2.28. The van der Waals surface area contributed by atoms with Crippen molar-refractivity contribution in [2.24, 2.45) is 5.92 Å². The van der Waals surface area contributed by atoms with Crippen LogP contribution in [0, 0.1) is 11.7 Å². The maximum Gasteiger partial charge on any atom is 0.127 e. The van der Waals surface area contributed by atoms with Gasteiger partial charge < -0.3 is 5.11 Å². The summed E-state index contributed by atoms with van der Waals surface area (Å²) in [6.45, 7) is 2.03. The van der Waals surface area contributed by atoms with Gasteiger partial charge in [-0.25, -0.2) is 4.39 Å². The smallest absolute Gasteiger partial charge is 0.127 e. The van der Waals surface area contributed by atoms with Crippen LogP contribution in [0.5, 0.6) is 0 Å². The fourth-order valence-electron chi connectivity index (χ4n) is 2.49. The fourth-order valence-corrected chi connectivity index (χ4v) is 2.65. The van der Waals surface area contributed by atoms with Gasteiger partial charge in [-0.15, -0.1) is 0 Å². The molecule has 1 saturated carbocycles. The van der Waals surface area contributed by atoms with Gasteiger partial charge in [0.25, 0.3) is 0 Å². The number of benzene rings is 1. The highest BCUT2D eigenvalue weighted by Gasteiger charge is 2.38. The third-order valence-corrected chi connectivity index (χ3v) is 3.91. The molecule has 0 heterocycles. The second kappa shape index (κ2) is 4.34. The molecule has 0 bridgehead atoms. The van der Waals surface area contributed by atoms with Gasteiger partial charge in [0.05, 0.1) is 5.60 Å². The van der Waals surface area contributed by atoms with Crippen molar-refractivity contribution in [3.05, 3.63) is 34.6 Å². The quantitative estimate of drug-likeness (QED) is 0.841. The SMILES string of the molecule is CC1CCCC1(O)Cc1ccc(Cl)cc1F. The summed E-state index contributed by atoms with van der Waals surface area (Å²) < 4.78 is 13.6. The molecule has 0 spiro atoms. The zero-order valence-corrected chi connectivity index (χ0v) is 10.1. The van der Waals surface area contributed by atoms with Crippen molar-refractivity contribution in [3.8, 4) is 0 Å². The van der Waals surface area contributed by atoms with Crippen LogP contribution < -0.4 is 0 Å². The zero-order chi connectivity index (χ0) is 11.8. The molecular formula is C13H16ClFO. The fraction of sp³-hybridized carbons (Fsp3) is 0.538. The summed E-state index contributed by atoms with van der Waals surface area (Å²) in [6.07, 6.45) is 3.19. The summed E-state index contributed by atoms with van der Waals surface area (Å²) in [5.41, 5.74) is -0.185. The highest BCUT2D eigenvalue weighted by atomic mass is 35.5. The minimum atomic E-state index is -0.741. The van der Waals surface area contributed by atoms with E-state index in [2.05, 4.69) is 0 Å². The Morgan fingerprint density at radius 2 is 2.31 bits per heavy atom. The minimum Gasteiger partial charge on any atom is -0.389 e. The van der Waals surface area contributed by atoms with E-state index in [1.807, 2.05) is 6.92 Å². The minimum absolute atomic E-state index is 0.238. The van der Waals surface area contributed by atoms with Gasteiger partial charge in [0.15, 0.2) is 0 Å². The molecule has 0 amide bonds. The number of hydrogen-bond donors (Lipinski definition) is 1. The van der Waals surface area contributed by atoms with Gasteiger partial charge in [-0.05, 0) is 36.5 Å². The molecule has 88 valence electrons. The number of hydrogen-bond acceptors (Lipinski definition) is 1. The molecule has 0 aliphatic heterocycles. The molecule has 1 N–H and O–H groups in total. The third kappa shape index (κ3) is 2.23. The van der Waals surface area contributed by atoms with Crippen molar-refractivity contribution in [1.29, 1.82) is 0 Å². The predicted octanol–water partition coefficient (Wildman–Crippen LogP) is 3.57. The average Bonchev–Trinajstić information content (AvgIpc) is 2.52. The van der Waals surface area contributed by atoms with Gasteiger partial charge in [-0.2, -0.15) is 0 Å². The van der Waals surface area contributed by atoms with Crippen molar-refractivity contribution in [3.63, 3.8) is 0 Å². The van der Waals surface area contributed by atoms with E-state index < -0.39 is 5.60 Å². The average molecular weight is 243 g/mol. The topological polar surface area (TPSA) is 20.2 Å². The summed E-state index contributed by atoms with van der Waals surface area (Å²) in [7, 11) is 0. The lowest BCUT2D eigenvalue weighted by Crippen LogP contribution is -2.34. The second-order valence-electron chi connectivity index (χ2n) is 4.81. The van der Waals surface area contributed by atoms with Crippen molar-refractivity contribution in [2.75, 3.05) is 0 Å². The van der Waals surface area contributed by atoms with Crippen molar-refractivity contribution < 1.29 is 9.50 Å². The van der Waals surface area contributed by atoms with Crippen LogP contribution in [0.1, 0.15) is 31.7 Å². The van der Waals surface area contributed by atoms with Gasteiger partial charge in [0.1, 0.15) is 5.82 Å². The maximum atomic E-state index is 13.6. The van der Waals surface area contributed by atoms with E-state index in [1.54, 1.807) is 12.1 Å². The van der Waals surface area contributed by atoms with E-state index in [9.17, 15) is 9.50 Å². The van der Waals surface area contributed by atoms with Crippen LogP contribution in [0.25, 0.3) is 0 Å². The highest BCUT2D eigenvalue weighted by Crippen LogP contribution is 2.38. The Balaban J connectivity index is 2.20. The Kier molecular flexibility index (Phi) is 3.22. The Labute approximate surface area is 100 Å². The van der Waals surface area contributed by atoms with E-state index in [-0.39, 0.29) is 11.7 Å². The van der Waals surface area contributed by atoms with E-state index in [0.29, 0.717) is 17.0 Å². The normalized spacial score (nSPS) is 29.6. The van der Waals surface area contributed by atoms with Gasteiger partial charge in [-0.1, -0.05) is 31.0 Å². The Hall–Kier alpha value is -0.600. The first kappa shape index (κ1) is 11.9. The first-order valence-corrected chi connectivity index (χ1v) is 6.05. The highest BCUT2D eigenvalue weighted by molar-refractivity contribution is 6.30. The molecule has 1 fully saturated rings. The molecule has 0 aromatic heterocycles. The van der Waals surface area contributed by atoms with E-state index in [1.165, 1.54) is 6.07 Å². The van der Waals surface area contributed by atoms with Crippen molar-refractivity contribution >= 4 is 11.6 Å². The van der Waals surface area contributed by atoms with E-state index in [4.69, 9.17) is 11.6 Å². The lowest BCUT2D eigenvalue weighted by atomic mass is 9.86. The molecule has 1 nitrogen and oxygen atoms in total. The predicted molar refractivity (Wildman–Crippen MR) is 63.1 cm³/mol. The first-order valence-electron chi connectivity index (χ1n) is 5.67. The summed E-state index contributed by atoms with van der Waals surface area (Å²) in [5, 5.41) is 10.8. The van der Waals surface area contributed by atoms with Crippen molar-refractivity contribution in [2.45, 2.75) is 38.2 Å². The van der Waals surface area contributed by atoms with Crippen LogP contribution in [0.15, 0.2) is 18.2 Å². The van der Waals surface area contributed by atoms with Crippen LogP contribution in [-0.2, 0) is 6.42 Å². The molecule has 0 radical (unpaired) electrons. The monoisotopic (exact) mass is 242 g/mol. The number of rotatable bonds is 2. The molecule has 16 heavy (non-hydrogen) atoms. The Morgan fingerprint density at radius 3 is 2.88 bits per heavy atom. The van der Waals surface area contributed by atoms with Gasteiger partial charge in [0, 0.05) is 11.4 Å². The van der Waals surface area contributed by atoms with Crippen LogP contribution in [0.3, 0.4) is 0 Å².